The van der Waals surface area contributed by atoms with Crippen molar-refractivity contribution in [2.45, 2.75) is 39.0 Å². The van der Waals surface area contributed by atoms with Crippen molar-refractivity contribution in [2.24, 2.45) is 5.92 Å². The number of hydrogen-bond donors (Lipinski definition) is 3. The number of benzene rings is 2. The van der Waals surface area contributed by atoms with Gasteiger partial charge in [-0.3, -0.25) is 25.2 Å². The van der Waals surface area contributed by atoms with Crippen LogP contribution in [0, 0.1) is 5.92 Å². The summed E-state index contributed by atoms with van der Waals surface area (Å²) in [4.78, 5) is 36.0. The molecule has 1 fully saturated rings. The molecule has 2 aromatic rings. The van der Waals surface area contributed by atoms with Gasteiger partial charge >= 0.3 is 0 Å². The number of rotatable bonds is 8. The first-order valence-electron chi connectivity index (χ1n) is 10.3. The van der Waals surface area contributed by atoms with Crippen molar-refractivity contribution in [3.05, 3.63) is 58.1 Å². The molecule has 2 aromatic carbocycles. The Morgan fingerprint density at radius 3 is 2.42 bits per heavy atom. The van der Waals surface area contributed by atoms with Crippen molar-refractivity contribution < 1.29 is 19.1 Å². The first-order chi connectivity index (χ1) is 14.9. The molecule has 1 aliphatic carbocycles. The summed E-state index contributed by atoms with van der Waals surface area (Å²) in [5, 5.41) is 2.81. The number of halogens is 1. The predicted octanol–water partition coefficient (Wildman–Crippen LogP) is 4.15. The quantitative estimate of drug-likeness (QED) is 0.487. The Morgan fingerprint density at radius 1 is 1.10 bits per heavy atom. The first-order valence-corrected chi connectivity index (χ1v) is 11.1. The van der Waals surface area contributed by atoms with E-state index in [9.17, 15) is 14.4 Å². The maximum Gasteiger partial charge on any atom is 0.276 e. The summed E-state index contributed by atoms with van der Waals surface area (Å²) in [7, 11) is 0. The van der Waals surface area contributed by atoms with E-state index in [1.54, 1.807) is 24.3 Å². The smallest absolute Gasteiger partial charge is 0.276 e. The van der Waals surface area contributed by atoms with Gasteiger partial charge in [-0.1, -0.05) is 19.9 Å². The number of anilines is 1. The fourth-order valence-electron chi connectivity index (χ4n) is 2.85. The maximum absolute atomic E-state index is 12.2. The summed E-state index contributed by atoms with van der Waals surface area (Å²) in [5.74, 6) is 0.154. The summed E-state index contributed by atoms with van der Waals surface area (Å²) in [6, 6.07) is 12.2. The van der Waals surface area contributed by atoms with Gasteiger partial charge in [-0.25, -0.2) is 0 Å². The van der Waals surface area contributed by atoms with Crippen LogP contribution in [0.25, 0.3) is 0 Å². The minimum Gasteiger partial charge on any atom is -0.483 e. The lowest BCUT2D eigenvalue weighted by Gasteiger charge is -2.13. The fraction of sp³-hybridized carbons (Fsp3) is 0.348. The molecule has 31 heavy (non-hydrogen) atoms. The van der Waals surface area contributed by atoms with Crippen LogP contribution in [0.5, 0.6) is 5.75 Å². The topological polar surface area (TPSA) is 96.5 Å². The zero-order valence-electron chi connectivity index (χ0n) is 17.5. The Balaban J connectivity index is 1.43. The van der Waals surface area contributed by atoms with Gasteiger partial charge < -0.3 is 10.1 Å². The largest absolute Gasteiger partial charge is 0.483 e. The average Bonchev–Trinajstić information content (AvgIpc) is 3.62. The summed E-state index contributed by atoms with van der Waals surface area (Å²) in [6.07, 6.45) is 2.89. The van der Waals surface area contributed by atoms with Crippen molar-refractivity contribution in [1.82, 2.24) is 10.9 Å². The maximum atomic E-state index is 12.2. The number of carbonyl (C=O) groups is 3. The highest BCUT2D eigenvalue weighted by molar-refractivity contribution is 9.10. The third kappa shape index (κ3) is 6.55. The van der Waals surface area contributed by atoms with Crippen LogP contribution in [0.1, 0.15) is 54.9 Å². The zero-order valence-corrected chi connectivity index (χ0v) is 19.1. The molecular formula is C23H26BrN3O4. The van der Waals surface area contributed by atoms with Crippen LogP contribution >= 0.6 is 15.9 Å². The number of hydrogen-bond acceptors (Lipinski definition) is 4. The highest BCUT2D eigenvalue weighted by atomic mass is 79.9. The van der Waals surface area contributed by atoms with Crippen molar-refractivity contribution in [1.29, 1.82) is 0 Å². The normalized spacial score (nSPS) is 13.8. The average molecular weight is 488 g/mol. The van der Waals surface area contributed by atoms with E-state index < -0.39 is 11.8 Å². The van der Waals surface area contributed by atoms with Crippen molar-refractivity contribution in [3.63, 3.8) is 0 Å². The summed E-state index contributed by atoms with van der Waals surface area (Å²) >= 11 is 3.47. The molecule has 164 valence electrons. The molecular weight excluding hydrogens is 462 g/mol. The Hall–Kier alpha value is -2.87. The number of ether oxygens (including phenoxy) is 1. The number of amides is 3. The van der Waals surface area contributed by atoms with E-state index in [0.29, 0.717) is 22.9 Å². The second kappa shape index (κ2) is 10.4. The monoisotopic (exact) mass is 487 g/mol. The molecule has 1 aliphatic rings. The Morgan fingerprint density at radius 2 is 1.81 bits per heavy atom. The third-order valence-electron chi connectivity index (χ3n) is 5.17. The molecule has 3 N–H and O–H groups in total. The van der Waals surface area contributed by atoms with Crippen LogP contribution in [0.4, 0.5) is 5.69 Å². The minimum atomic E-state index is -0.487. The standard InChI is InChI=1S/C23H26BrN3O4/c1-3-14(2)17-8-11-20(19(24)12-17)31-13-21(28)26-27-23(30)16-6-9-18(10-7-16)25-22(29)15-4-5-15/h6-12,14-15H,3-5,13H2,1-2H3,(H,25,29)(H,26,28)(H,27,30). The summed E-state index contributed by atoms with van der Waals surface area (Å²) < 4.78 is 6.31. The summed E-state index contributed by atoms with van der Waals surface area (Å²) in [5.41, 5.74) is 6.86. The third-order valence-corrected chi connectivity index (χ3v) is 5.79. The zero-order chi connectivity index (χ0) is 22.4. The van der Waals surface area contributed by atoms with Crippen molar-refractivity contribution >= 4 is 39.3 Å². The van der Waals surface area contributed by atoms with Gasteiger partial charge in [0.25, 0.3) is 11.8 Å². The SMILES string of the molecule is CCC(C)c1ccc(OCC(=O)NNC(=O)c2ccc(NC(=O)C3CC3)cc2)c(Br)c1. The van der Waals surface area contributed by atoms with Gasteiger partial charge in [-0.2, -0.15) is 0 Å². The van der Waals surface area contributed by atoms with Crippen LogP contribution in [-0.4, -0.2) is 24.3 Å². The minimum absolute atomic E-state index is 0.00520. The first kappa shape index (κ1) is 22.8. The lowest BCUT2D eigenvalue weighted by atomic mass is 9.99. The van der Waals surface area contributed by atoms with E-state index in [4.69, 9.17) is 4.74 Å². The van der Waals surface area contributed by atoms with Gasteiger partial charge in [0.05, 0.1) is 4.47 Å². The predicted molar refractivity (Wildman–Crippen MR) is 122 cm³/mol. The molecule has 0 heterocycles. The number of hydrazine groups is 1. The molecule has 0 aromatic heterocycles. The molecule has 0 saturated heterocycles. The van der Waals surface area contributed by atoms with Crippen molar-refractivity contribution in [2.75, 3.05) is 11.9 Å². The van der Waals surface area contributed by atoms with Crippen LogP contribution < -0.4 is 20.9 Å². The molecule has 3 amide bonds. The molecule has 8 heteroatoms. The Kier molecular flexibility index (Phi) is 7.68. The summed E-state index contributed by atoms with van der Waals surface area (Å²) in [6.45, 7) is 4.03. The second-order valence-electron chi connectivity index (χ2n) is 7.63. The van der Waals surface area contributed by atoms with Crippen LogP contribution in [0.3, 0.4) is 0 Å². The molecule has 0 aliphatic heterocycles. The van der Waals surface area contributed by atoms with Gasteiger partial charge in [0.15, 0.2) is 6.61 Å². The van der Waals surface area contributed by atoms with E-state index in [-0.39, 0.29) is 18.4 Å². The van der Waals surface area contributed by atoms with Gasteiger partial charge in [-0.05, 0) is 83.1 Å². The fourth-order valence-corrected chi connectivity index (χ4v) is 3.36. The second-order valence-corrected chi connectivity index (χ2v) is 8.49. The van der Waals surface area contributed by atoms with Gasteiger partial charge in [-0.15, -0.1) is 0 Å². The van der Waals surface area contributed by atoms with E-state index in [0.717, 1.165) is 23.7 Å². The molecule has 7 nitrogen and oxygen atoms in total. The van der Waals surface area contributed by atoms with E-state index >= 15 is 0 Å². The van der Waals surface area contributed by atoms with Crippen molar-refractivity contribution in [3.8, 4) is 5.75 Å². The van der Waals surface area contributed by atoms with E-state index in [1.807, 2.05) is 18.2 Å². The molecule has 1 saturated carbocycles. The number of carbonyl (C=O) groups excluding carboxylic acids is 3. The van der Waals surface area contributed by atoms with Crippen LogP contribution in [-0.2, 0) is 9.59 Å². The molecule has 3 rings (SSSR count). The molecule has 0 radical (unpaired) electrons. The Labute approximate surface area is 190 Å². The molecule has 0 bridgehead atoms. The van der Waals surface area contributed by atoms with Gasteiger partial charge in [0, 0.05) is 17.2 Å². The van der Waals surface area contributed by atoms with Gasteiger partial charge in [0.2, 0.25) is 5.91 Å². The lowest BCUT2D eigenvalue weighted by Crippen LogP contribution is -2.43. The van der Waals surface area contributed by atoms with E-state index in [2.05, 4.69) is 45.9 Å². The molecule has 1 atom stereocenters. The Bertz CT molecular complexity index is 958. The highest BCUT2D eigenvalue weighted by Crippen LogP contribution is 2.31. The number of nitrogens with one attached hydrogen (secondary N) is 3. The lowest BCUT2D eigenvalue weighted by molar-refractivity contribution is -0.123. The highest BCUT2D eigenvalue weighted by Gasteiger charge is 2.29. The van der Waals surface area contributed by atoms with Gasteiger partial charge in [0.1, 0.15) is 5.75 Å². The molecule has 0 spiro atoms. The van der Waals surface area contributed by atoms with Crippen LogP contribution in [0.2, 0.25) is 0 Å². The van der Waals surface area contributed by atoms with Crippen LogP contribution in [0.15, 0.2) is 46.9 Å². The van der Waals surface area contributed by atoms with E-state index in [1.165, 1.54) is 5.56 Å². The molecule has 1 unspecified atom stereocenters.